The van der Waals surface area contributed by atoms with Crippen molar-refractivity contribution in [3.63, 3.8) is 0 Å². The highest BCUT2D eigenvalue weighted by Gasteiger charge is 2.25. The lowest BCUT2D eigenvalue weighted by molar-refractivity contribution is -0.141. The summed E-state index contributed by atoms with van der Waals surface area (Å²) in [6, 6.07) is 6.95. The van der Waals surface area contributed by atoms with Crippen molar-refractivity contribution in [2.45, 2.75) is 169 Å². The Kier molecular flexibility index (Phi) is 24.2. The van der Waals surface area contributed by atoms with Crippen LogP contribution in [-0.4, -0.2) is 30.9 Å². The molecule has 0 bridgehead atoms. The summed E-state index contributed by atoms with van der Waals surface area (Å²) in [5.74, 6) is -0.933. The molecular formula is C39H64O5. The highest BCUT2D eigenvalue weighted by molar-refractivity contribution is 6.22. The number of hydrogen-bond acceptors (Lipinski definition) is 5. The molecule has 0 unspecified atom stereocenters. The molecule has 5 heteroatoms. The Morgan fingerprint density at radius 1 is 0.477 bits per heavy atom. The lowest BCUT2D eigenvalue weighted by Gasteiger charge is -2.16. The van der Waals surface area contributed by atoms with Gasteiger partial charge in [-0.1, -0.05) is 161 Å². The zero-order valence-corrected chi connectivity index (χ0v) is 28.8. The van der Waals surface area contributed by atoms with Crippen molar-refractivity contribution >= 4 is 23.3 Å². The standard InChI is InChI=1S/C39H64O5/c1-5-8-11-14-17-19-22-25-32-44-39(42)37(35-29-27-34(28-30-35)33(4)40)36(26-23-20-16-13-10-7-3)38(41)43-31-24-21-18-15-12-9-6-2/h27-30H,5-26,31-32H2,1-4H3/b37-36-. The number of benzene rings is 1. The molecular weight excluding hydrogens is 548 g/mol. The molecule has 0 amide bonds. The smallest absolute Gasteiger partial charge is 0.339 e. The average Bonchev–Trinajstić information content (AvgIpc) is 3.02. The van der Waals surface area contributed by atoms with Gasteiger partial charge in [0, 0.05) is 5.56 Å². The van der Waals surface area contributed by atoms with E-state index in [0.717, 1.165) is 57.8 Å². The predicted octanol–water partition coefficient (Wildman–Crippen LogP) is 11.4. The van der Waals surface area contributed by atoms with Gasteiger partial charge < -0.3 is 9.47 Å². The monoisotopic (exact) mass is 612 g/mol. The molecule has 1 aromatic rings. The molecule has 1 rings (SSSR count). The maximum atomic E-state index is 13.6. The van der Waals surface area contributed by atoms with Gasteiger partial charge in [-0.25, -0.2) is 9.59 Å². The second-order valence-electron chi connectivity index (χ2n) is 12.4. The van der Waals surface area contributed by atoms with E-state index >= 15 is 0 Å². The summed E-state index contributed by atoms with van der Waals surface area (Å²) in [5.41, 5.74) is 1.86. The van der Waals surface area contributed by atoms with E-state index in [1.807, 2.05) is 0 Å². The maximum absolute atomic E-state index is 13.6. The number of carbonyl (C=O) groups excluding carboxylic acids is 3. The average molecular weight is 613 g/mol. The van der Waals surface area contributed by atoms with E-state index in [4.69, 9.17) is 9.47 Å². The van der Waals surface area contributed by atoms with E-state index in [1.54, 1.807) is 24.3 Å². The van der Waals surface area contributed by atoms with Crippen molar-refractivity contribution in [3.8, 4) is 0 Å². The van der Waals surface area contributed by atoms with Gasteiger partial charge in [0.2, 0.25) is 0 Å². The van der Waals surface area contributed by atoms with Gasteiger partial charge in [0.15, 0.2) is 5.78 Å². The molecule has 44 heavy (non-hydrogen) atoms. The second-order valence-corrected chi connectivity index (χ2v) is 12.4. The van der Waals surface area contributed by atoms with Gasteiger partial charge in [0.25, 0.3) is 0 Å². The van der Waals surface area contributed by atoms with Crippen molar-refractivity contribution in [3.05, 3.63) is 41.0 Å². The van der Waals surface area contributed by atoms with Crippen LogP contribution in [-0.2, 0) is 19.1 Å². The van der Waals surface area contributed by atoms with E-state index in [1.165, 1.54) is 84.0 Å². The highest BCUT2D eigenvalue weighted by Crippen LogP contribution is 2.27. The van der Waals surface area contributed by atoms with Crippen molar-refractivity contribution in [2.75, 3.05) is 13.2 Å². The Bertz CT molecular complexity index is 930. The molecule has 0 aromatic heterocycles. The Morgan fingerprint density at radius 2 is 0.841 bits per heavy atom. The SMILES string of the molecule is CCCCCCCCCCOC(=O)/C(=C(/CCCCCCCC)C(=O)OCCCCCCCCC)c1ccc(C(C)=O)cc1. The van der Waals surface area contributed by atoms with E-state index in [2.05, 4.69) is 20.8 Å². The molecule has 0 atom stereocenters. The third kappa shape index (κ3) is 18.4. The van der Waals surface area contributed by atoms with Crippen LogP contribution >= 0.6 is 0 Å². The minimum absolute atomic E-state index is 0.0410. The first kappa shape index (κ1) is 39.6. The van der Waals surface area contributed by atoms with Crippen LogP contribution < -0.4 is 0 Å². The third-order valence-corrected chi connectivity index (χ3v) is 8.32. The molecule has 0 spiro atoms. The first-order chi connectivity index (χ1) is 21.5. The number of esters is 2. The summed E-state index contributed by atoms with van der Waals surface area (Å²) >= 11 is 0. The van der Waals surface area contributed by atoms with Crippen molar-refractivity contribution in [1.29, 1.82) is 0 Å². The number of ether oxygens (including phenoxy) is 2. The summed E-state index contributed by atoms with van der Waals surface area (Å²) in [6.45, 7) is 8.86. The predicted molar refractivity (Wildman–Crippen MR) is 184 cm³/mol. The summed E-state index contributed by atoms with van der Waals surface area (Å²) in [5, 5.41) is 0. The molecule has 0 aliphatic carbocycles. The molecule has 250 valence electrons. The van der Waals surface area contributed by atoms with Crippen molar-refractivity contribution in [1.82, 2.24) is 0 Å². The van der Waals surface area contributed by atoms with Crippen LogP contribution in [0.4, 0.5) is 0 Å². The topological polar surface area (TPSA) is 69.7 Å². The van der Waals surface area contributed by atoms with Gasteiger partial charge in [-0.15, -0.1) is 0 Å². The van der Waals surface area contributed by atoms with Crippen LogP contribution in [0, 0.1) is 0 Å². The zero-order valence-electron chi connectivity index (χ0n) is 28.8. The molecule has 0 fully saturated rings. The molecule has 0 N–H and O–H groups in total. The van der Waals surface area contributed by atoms with E-state index in [9.17, 15) is 14.4 Å². The van der Waals surface area contributed by atoms with Crippen LogP contribution in [0.15, 0.2) is 29.8 Å². The zero-order chi connectivity index (χ0) is 32.3. The van der Waals surface area contributed by atoms with Gasteiger partial charge in [-0.3, -0.25) is 4.79 Å². The van der Waals surface area contributed by atoms with Gasteiger partial charge in [0.05, 0.1) is 24.4 Å². The van der Waals surface area contributed by atoms with Gasteiger partial charge in [0.1, 0.15) is 0 Å². The number of rotatable bonds is 28. The second kappa shape index (κ2) is 26.9. The molecule has 0 radical (unpaired) electrons. The molecule has 0 saturated heterocycles. The summed E-state index contributed by atoms with van der Waals surface area (Å²) < 4.78 is 11.6. The lowest BCUT2D eigenvalue weighted by Crippen LogP contribution is -2.17. The minimum atomic E-state index is -0.475. The first-order valence-corrected chi connectivity index (χ1v) is 18.1. The summed E-state index contributed by atoms with van der Waals surface area (Å²) in [7, 11) is 0. The maximum Gasteiger partial charge on any atom is 0.339 e. The van der Waals surface area contributed by atoms with E-state index in [0.29, 0.717) is 36.3 Å². The number of Topliss-reactive ketones (excluding diaryl/α,β-unsaturated/α-hetero) is 1. The Morgan fingerprint density at radius 3 is 1.27 bits per heavy atom. The largest absolute Gasteiger partial charge is 0.462 e. The molecule has 0 aliphatic rings. The van der Waals surface area contributed by atoms with Crippen molar-refractivity contribution in [2.24, 2.45) is 0 Å². The van der Waals surface area contributed by atoms with Gasteiger partial charge in [-0.05, 0) is 38.2 Å². The fraction of sp³-hybridized carbons (Fsp3) is 0.718. The summed E-state index contributed by atoms with van der Waals surface area (Å²) in [4.78, 5) is 39.1. The Balaban J connectivity index is 3.03. The number of carbonyl (C=O) groups is 3. The number of unbranched alkanes of at least 4 members (excludes halogenated alkanes) is 18. The molecule has 0 aliphatic heterocycles. The quantitative estimate of drug-likeness (QED) is 0.0407. The number of hydrogen-bond donors (Lipinski definition) is 0. The van der Waals surface area contributed by atoms with E-state index in [-0.39, 0.29) is 11.4 Å². The molecule has 5 nitrogen and oxygen atoms in total. The molecule has 0 saturated carbocycles. The first-order valence-electron chi connectivity index (χ1n) is 18.1. The van der Waals surface area contributed by atoms with Crippen LogP contribution in [0.2, 0.25) is 0 Å². The fourth-order valence-corrected chi connectivity index (χ4v) is 5.48. The van der Waals surface area contributed by atoms with Crippen molar-refractivity contribution < 1.29 is 23.9 Å². The Labute approximate surface area is 269 Å². The van der Waals surface area contributed by atoms with Crippen LogP contribution in [0.25, 0.3) is 5.57 Å². The van der Waals surface area contributed by atoms with Crippen LogP contribution in [0.3, 0.4) is 0 Å². The highest BCUT2D eigenvalue weighted by atomic mass is 16.5. The van der Waals surface area contributed by atoms with Crippen LogP contribution in [0.1, 0.15) is 185 Å². The normalized spacial score (nSPS) is 11.7. The van der Waals surface area contributed by atoms with Gasteiger partial charge >= 0.3 is 11.9 Å². The van der Waals surface area contributed by atoms with Crippen LogP contribution in [0.5, 0.6) is 0 Å². The lowest BCUT2D eigenvalue weighted by atomic mass is 9.94. The minimum Gasteiger partial charge on any atom is -0.462 e. The third-order valence-electron chi connectivity index (χ3n) is 8.32. The number of ketones is 1. The van der Waals surface area contributed by atoms with Gasteiger partial charge in [-0.2, -0.15) is 0 Å². The summed E-state index contributed by atoms with van der Waals surface area (Å²) in [6.07, 6.45) is 24.2. The fourth-order valence-electron chi connectivity index (χ4n) is 5.48. The molecule has 1 aromatic carbocycles. The van der Waals surface area contributed by atoms with E-state index < -0.39 is 11.9 Å². The Hall–Kier alpha value is -2.43. The molecule has 0 heterocycles.